The molecule has 102 valence electrons. The van der Waals surface area contributed by atoms with E-state index in [0.29, 0.717) is 5.52 Å². The first kappa shape index (κ1) is 12.6. The van der Waals surface area contributed by atoms with Crippen molar-refractivity contribution in [2.75, 3.05) is 6.54 Å². The Balaban J connectivity index is 2.09. The second kappa shape index (κ2) is 5.29. The molecule has 0 amide bonds. The molecule has 1 aromatic heterocycles. The van der Waals surface area contributed by atoms with Crippen molar-refractivity contribution in [1.82, 2.24) is 14.9 Å². The lowest BCUT2D eigenvalue weighted by Crippen LogP contribution is -2.23. The normalized spacial score (nSPS) is 20.6. The highest BCUT2D eigenvalue weighted by atomic mass is 19.1. The molecule has 2 heterocycles. The third kappa shape index (κ3) is 2.25. The predicted molar refractivity (Wildman–Crippen MR) is 74.6 cm³/mol. The first-order valence-corrected chi connectivity index (χ1v) is 7.19. The van der Waals surface area contributed by atoms with Gasteiger partial charge in [-0.3, -0.25) is 0 Å². The fourth-order valence-corrected chi connectivity index (χ4v) is 2.98. The lowest BCUT2D eigenvalue weighted by atomic mass is 10.1. The van der Waals surface area contributed by atoms with Gasteiger partial charge in [0, 0.05) is 6.54 Å². The Morgan fingerprint density at radius 2 is 2.26 bits per heavy atom. The van der Waals surface area contributed by atoms with Gasteiger partial charge in [-0.15, -0.1) is 0 Å². The molecule has 0 saturated carbocycles. The summed E-state index contributed by atoms with van der Waals surface area (Å²) >= 11 is 0. The molecule has 0 aliphatic carbocycles. The summed E-state index contributed by atoms with van der Waals surface area (Å²) in [5.74, 6) is 0.768. The number of imidazole rings is 1. The number of para-hydroxylation sites is 1. The topological polar surface area (TPSA) is 29.9 Å². The van der Waals surface area contributed by atoms with Gasteiger partial charge in [-0.2, -0.15) is 0 Å². The number of aryl methyl sites for hydroxylation is 1. The van der Waals surface area contributed by atoms with Crippen LogP contribution in [0.3, 0.4) is 0 Å². The van der Waals surface area contributed by atoms with Crippen molar-refractivity contribution in [2.45, 2.75) is 45.2 Å². The zero-order valence-corrected chi connectivity index (χ0v) is 11.3. The predicted octanol–water partition coefficient (Wildman–Crippen LogP) is 3.40. The quantitative estimate of drug-likeness (QED) is 0.898. The molecule has 3 rings (SSSR count). The van der Waals surface area contributed by atoms with Crippen molar-refractivity contribution in [3.63, 3.8) is 0 Å². The van der Waals surface area contributed by atoms with Crippen molar-refractivity contribution in [3.8, 4) is 0 Å². The largest absolute Gasteiger partial charge is 0.327 e. The Morgan fingerprint density at radius 3 is 3.11 bits per heavy atom. The number of benzene rings is 1. The first-order valence-electron chi connectivity index (χ1n) is 7.19. The van der Waals surface area contributed by atoms with Crippen LogP contribution in [0.1, 0.15) is 44.5 Å². The maximum atomic E-state index is 13.9. The van der Waals surface area contributed by atoms with Crippen LogP contribution < -0.4 is 5.32 Å². The third-order valence-electron chi connectivity index (χ3n) is 3.95. The molecular formula is C15H20FN3. The van der Waals surface area contributed by atoms with Crippen LogP contribution in [0, 0.1) is 5.82 Å². The van der Waals surface area contributed by atoms with Crippen LogP contribution >= 0.6 is 0 Å². The van der Waals surface area contributed by atoms with E-state index in [1.807, 2.05) is 6.07 Å². The smallest absolute Gasteiger partial charge is 0.151 e. The zero-order chi connectivity index (χ0) is 13.2. The fraction of sp³-hybridized carbons (Fsp3) is 0.533. The molecule has 1 N–H and O–H groups in total. The number of halogens is 1. The van der Waals surface area contributed by atoms with Crippen LogP contribution in [-0.4, -0.2) is 16.1 Å². The molecule has 1 atom stereocenters. The molecule has 0 spiro atoms. The average Bonchev–Trinajstić information content (AvgIpc) is 2.60. The van der Waals surface area contributed by atoms with Crippen molar-refractivity contribution >= 4 is 11.0 Å². The van der Waals surface area contributed by atoms with Crippen molar-refractivity contribution in [3.05, 3.63) is 29.8 Å². The second-order valence-corrected chi connectivity index (χ2v) is 5.18. The summed E-state index contributed by atoms with van der Waals surface area (Å²) in [6.07, 6.45) is 4.79. The highest BCUT2D eigenvalue weighted by molar-refractivity contribution is 5.76. The monoisotopic (exact) mass is 261 g/mol. The standard InChI is InChI=1S/C15H20FN3/c1-2-19-13-9-6-7-11(16)14(13)18-15(19)12-8-4-3-5-10-17-12/h6-7,9,12,17H,2-5,8,10H2,1H3. The zero-order valence-electron chi connectivity index (χ0n) is 11.3. The molecule has 0 radical (unpaired) electrons. The van der Waals surface area contributed by atoms with Crippen LogP contribution in [0.4, 0.5) is 4.39 Å². The van der Waals surface area contributed by atoms with E-state index in [-0.39, 0.29) is 11.9 Å². The number of rotatable bonds is 2. The van der Waals surface area contributed by atoms with E-state index in [0.717, 1.165) is 30.9 Å². The van der Waals surface area contributed by atoms with Gasteiger partial charge in [0.1, 0.15) is 11.3 Å². The van der Waals surface area contributed by atoms with E-state index >= 15 is 0 Å². The molecule has 1 aliphatic rings. The molecule has 1 unspecified atom stereocenters. The molecule has 1 aromatic carbocycles. The highest BCUT2D eigenvalue weighted by Crippen LogP contribution is 2.27. The van der Waals surface area contributed by atoms with E-state index in [1.165, 1.54) is 25.3 Å². The number of hydrogen-bond donors (Lipinski definition) is 1. The van der Waals surface area contributed by atoms with Crippen molar-refractivity contribution < 1.29 is 4.39 Å². The Kier molecular flexibility index (Phi) is 3.51. The number of nitrogens with one attached hydrogen (secondary N) is 1. The molecule has 19 heavy (non-hydrogen) atoms. The maximum Gasteiger partial charge on any atom is 0.151 e. The van der Waals surface area contributed by atoms with E-state index in [2.05, 4.69) is 21.8 Å². The Labute approximate surface area is 112 Å². The van der Waals surface area contributed by atoms with E-state index in [4.69, 9.17) is 0 Å². The van der Waals surface area contributed by atoms with E-state index in [1.54, 1.807) is 6.07 Å². The van der Waals surface area contributed by atoms with E-state index in [9.17, 15) is 4.39 Å². The molecule has 1 saturated heterocycles. The third-order valence-corrected chi connectivity index (χ3v) is 3.95. The molecule has 4 heteroatoms. The van der Waals surface area contributed by atoms with Gasteiger partial charge in [-0.1, -0.05) is 18.9 Å². The van der Waals surface area contributed by atoms with Gasteiger partial charge in [0.05, 0.1) is 11.6 Å². The van der Waals surface area contributed by atoms with Gasteiger partial charge in [0.2, 0.25) is 0 Å². The Bertz CT molecular complexity index is 568. The van der Waals surface area contributed by atoms with Crippen LogP contribution in [0.15, 0.2) is 18.2 Å². The fourth-order valence-electron chi connectivity index (χ4n) is 2.98. The summed E-state index contributed by atoms with van der Waals surface area (Å²) in [6.45, 7) is 3.94. The molecular weight excluding hydrogens is 241 g/mol. The van der Waals surface area contributed by atoms with Crippen molar-refractivity contribution in [1.29, 1.82) is 0 Å². The number of fused-ring (bicyclic) bond motifs is 1. The highest BCUT2D eigenvalue weighted by Gasteiger charge is 2.21. The molecule has 0 bridgehead atoms. The van der Waals surface area contributed by atoms with Gasteiger partial charge in [0.25, 0.3) is 0 Å². The summed E-state index contributed by atoms with van der Waals surface area (Å²) in [6, 6.07) is 5.46. The average molecular weight is 261 g/mol. The number of nitrogens with zero attached hydrogens (tertiary/aromatic N) is 2. The summed E-state index contributed by atoms with van der Waals surface area (Å²) in [5, 5.41) is 3.55. The molecule has 3 nitrogen and oxygen atoms in total. The maximum absolute atomic E-state index is 13.9. The van der Waals surface area contributed by atoms with Crippen LogP contribution in [-0.2, 0) is 6.54 Å². The van der Waals surface area contributed by atoms with Gasteiger partial charge < -0.3 is 9.88 Å². The Morgan fingerprint density at radius 1 is 1.37 bits per heavy atom. The number of hydrogen-bond acceptors (Lipinski definition) is 2. The summed E-state index contributed by atoms with van der Waals surface area (Å²) in [4.78, 5) is 4.57. The van der Waals surface area contributed by atoms with Gasteiger partial charge in [-0.25, -0.2) is 9.37 Å². The first-order chi connectivity index (χ1) is 9.31. The second-order valence-electron chi connectivity index (χ2n) is 5.18. The van der Waals surface area contributed by atoms with Gasteiger partial charge in [-0.05, 0) is 38.4 Å². The van der Waals surface area contributed by atoms with Gasteiger partial charge in [0.15, 0.2) is 5.82 Å². The summed E-state index contributed by atoms with van der Waals surface area (Å²) in [7, 11) is 0. The van der Waals surface area contributed by atoms with Crippen LogP contribution in [0.5, 0.6) is 0 Å². The summed E-state index contributed by atoms with van der Waals surface area (Å²) < 4.78 is 16.0. The molecule has 2 aromatic rings. The minimum atomic E-state index is -0.223. The van der Waals surface area contributed by atoms with Crippen molar-refractivity contribution in [2.24, 2.45) is 0 Å². The Hall–Kier alpha value is -1.42. The van der Waals surface area contributed by atoms with Crippen LogP contribution in [0.2, 0.25) is 0 Å². The molecule has 1 fully saturated rings. The minimum Gasteiger partial charge on any atom is -0.327 e. The minimum absolute atomic E-state index is 0.223. The van der Waals surface area contributed by atoms with Crippen LogP contribution in [0.25, 0.3) is 11.0 Å². The lowest BCUT2D eigenvalue weighted by molar-refractivity contribution is 0.486. The van der Waals surface area contributed by atoms with Gasteiger partial charge >= 0.3 is 0 Å². The molecule has 1 aliphatic heterocycles. The van der Waals surface area contributed by atoms with E-state index < -0.39 is 0 Å². The SMILES string of the molecule is CCn1c(C2CCCCCN2)nc2c(F)cccc21. The summed E-state index contributed by atoms with van der Waals surface area (Å²) in [5.41, 5.74) is 1.41. The lowest BCUT2D eigenvalue weighted by Gasteiger charge is -2.16. The number of aromatic nitrogens is 2.